The average Bonchev–Trinajstić information content (AvgIpc) is 2.07. The molecule has 0 aliphatic heterocycles. The van der Waals surface area contributed by atoms with Crippen molar-refractivity contribution in [3.63, 3.8) is 0 Å². The summed E-state index contributed by atoms with van der Waals surface area (Å²) in [6.45, 7) is 1.64. The molecule has 0 heterocycles. The van der Waals surface area contributed by atoms with Crippen molar-refractivity contribution < 1.29 is 9.18 Å². The molecule has 0 saturated heterocycles. The normalized spacial score (nSPS) is 8.62. The first kappa shape index (κ1) is 12.3. The lowest BCUT2D eigenvalue weighted by atomic mass is 10.1. The van der Waals surface area contributed by atoms with Gasteiger partial charge in [0.15, 0.2) is 0 Å². The molecule has 1 amide bonds. The molecule has 1 rings (SSSR count). The summed E-state index contributed by atoms with van der Waals surface area (Å²) in [6, 6.07) is 4.40. The Labute approximate surface area is 90.5 Å². The standard InChI is InChI=1S/C8H8FNO.CH3I/c1-5-3-2-4-6(9)7(5)8(10)11;1-2/h2-4H,1H3,(H2,10,11);1H3. The highest BCUT2D eigenvalue weighted by Gasteiger charge is 2.09. The number of benzene rings is 1. The van der Waals surface area contributed by atoms with Gasteiger partial charge in [0.25, 0.3) is 5.91 Å². The second-order valence-corrected chi connectivity index (χ2v) is 2.30. The van der Waals surface area contributed by atoms with Gasteiger partial charge in [-0.05, 0) is 23.5 Å². The number of halogens is 2. The lowest BCUT2D eigenvalue weighted by Crippen LogP contribution is -2.14. The molecule has 0 saturated carbocycles. The van der Waals surface area contributed by atoms with Crippen molar-refractivity contribution in [2.45, 2.75) is 6.92 Å². The molecule has 72 valence electrons. The van der Waals surface area contributed by atoms with Crippen LogP contribution in [0, 0.1) is 12.7 Å². The molecule has 2 nitrogen and oxygen atoms in total. The lowest BCUT2D eigenvalue weighted by Gasteiger charge is -2.00. The van der Waals surface area contributed by atoms with E-state index in [9.17, 15) is 9.18 Å². The van der Waals surface area contributed by atoms with Crippen molar-refractivity contribution in [1.82, 2.24) is 0 Å². The number of hydrogen-bond acceptors (Lipinski definition) is 1. The molecule has 0 bridgehead atoms. The number of carbonyl (C=O) groups excluding carboxylic acids is 1. The molecule has 13 heavy (non-hydrogen) atoms. The maximum Gasteiger partial charge on any atom is 0.251 e. The highest BCUT2D eigenvalue weighted by molar-refractivity contribution is 14.1. The molecule has 0 fully saturated rings. The minimum absolute atomic E-state index is 0.0208. The van der Waals surface area contributed by atoms with Crippen LogP contribution < -0.4 is 5.73 Å². The average molecular weight is 295 g/mol. The van der Waals surface area contributed by atoms with E-state index in [0.717, 1.165) is 0 Å². The Morgan fingerprint density at radius 2 is 2.00 bits per heavy atom. The number of rotatable bonds is 1. The number of primary amides is 1. The maximum atomic E-state index is 12.8. The van der Waals surface area contributed by atoms with E-state index in [4.69, 9.17) is 5.73 Å². The third-order valence-electron chi connectivity index (χ3n) is 1.47. The smallest absolute Gasteiger partial charge is 0.251 e. The first-order valence-electron chi connectivity index (χ1n) is 3.55. The Bertz CT molecular complexity index is 281. The van der Waals surface area contributed by atoms with Crippen molar-refractivity contribution in [1.29, 1.82) is 0 Å². The van der Waals surface area contributed by atoms with E-state index in [-0.39, 0.29) is 5.56 Å². The van der Waals surface area contributed by atoms with Gasteiger partial charge in [-0.15, -0.1) is 0 Å². The van der Waals surface area contributed by atoms with Crippen molar-refractivity contribution >= 4 is 28.5 Å². The van der Waals surface area contributed by atoms with Crippen LogP contribution in [0.4, 0.5) is 4.39 Å². The molecule has 0 radical (unpaired) electrons. The van der Waals surface area contributed by atoms with Gasteiger partial charge in [0.2, 0.25) is 0 Å². The Hall–Kier alpha value is -0.650. The van der Waals surface area contributed by atoms with Crippen LogP contribution in [0.15, 0.2) is 18.2 Å². The van der Waals surface area contributed by atoms with Crippen molar-refractivity contribution in [2.75, 3.05) is 4.93 Å². The number of alkyl halides is 1. The summed E-state index contributed by atoms with van der Waals surface area (Å²) < 4.78 is 12.8. The molecule has 2 N–H and O–H groups in total. The predicted molar refractivity (Wildman–Crippen MR) is 59.6 cm³/mol. The number of hydrogen-bond donors (Lipinski definition) is 1. The topological polar surface area (TPSA) is 43.1 Å². The third-order valence-corrected chi connectivity index (χ3v) is 1.47. The summed E-state index contributed by atoms with van der Waals surface area (Å²) >= 11 is 2.15. The van der Waals surface area contributed by atoms with E-state index in [0.29, 0.717) is 5.56 Å². The van der Waals surface area contributed by atoms with Gasteiger partial charge < -0.3 is 5.73 Å². The highest BCUT2D eigenvalue weighted by Crippen LogP contribution is 2.10. The molecule has 1 aromatic rings. The minimum Gasteiger partial charge on any atom is -0.365 e. The number of amides is 1. The van der Waals surface area contributed by atoms with Crippen LogP contribution in [0.1, 0.15) is 15.9 Å². The van der Waals surface area contributed by atoms with Crippen LogP contribution in [0.3, 0.4) is 0 Å². The SMILES string of the molecule is CI.Cc1cccc(F)c1C(N)=O. The second kappa shape index (κ2) is 5.90. The predicted octanol–water partition coefficient (Wildman–Crippen LogP) is 2.28. The van der Waals surface area contributed by atoms with Gasteiger partial charge in [-0.2, -0.15) is 0 Å². The molecular weight excluding hydrogens is 284 g/mol. The Morgan fingerprint density at radius 1 is 1.46 bits per heavy atom. The van der Waals surface area contributed by atoms with Crippen LogP contribution >= 0.6 is 22.6 Å². The van der Waals surface area contributed by atoms with E-state index in [1.165, 1.54) is 12.1 Å². The molecule has 0 spiro atoms. The van der Waals surface area contributed by atoms with E-state index in [1.807, 2.05) is 4.93 Å². The fraction of sp³-hybridized carbons (Fsp3) is 0.222. The van der Waals surface area contributed by atoms with Crippen molar-refractivity contribution in [3.8, 4) is 0 Å². The zero-order chi connectivity index (χ0) is 10.4. The molecule has 0 atom stereocenters. The van der Waals surface area contributed by atoms with Crippen LogP contribution in [-0.4, -0.2) is 10.8 Å². The van der Waals surface area contributed by atoms with Crippen molar-refractivity contribution in [2.24, 2.45) is 5.73 Å². The van der Waals surface area contributed by atoms with Crippen LogP contribution in [-0.2, 0) is 0 Å². The molecule has 1 aromatic carbocycles. The molecule has 0 aliphatic rings. The summed E-state index contributed by atoms with van der Waals surface area (Å²) in [5, 5.41) is 0. The van der Waals surface area contributed by atoms with E-state index >= 15 is 0 Å². The van der Waals surface area contributed by atoms with Crippen LogP contribution in [0.5, 0.6) is 0 Å². The Balaban J connectivity index is 0.000000671. The summed E-state index contributed by atoms with van der Waals surface area (Å²) in [7, 11) is 0. The first-order chi connectivity index (χ1) is 6.13. The monoisotopic (exact) mass is 295 g/mol. The van der Waals surface area contributed by atoms with Crippen LogP contribution in [0.2, 0.25) is 0 Å². The number of aryl methyl sites for hydroxylation is 1. The number of nitrogens with two attached hydrogens (primary N) is 1. The van der Waals surface area contributed by atoms with Crippen LogP contribution in [0.25, 0.3) is 0 Å². The zero-order valence-electron chi connectivity index (χ0n) is 7.47. The number of carbonyl (C=O) groups is 1. The first-order valence-corrected chi connectivity index (χ1v) is 5.71. The maximum absolute atomic E-state index is 12.8. The zero-order valence-corrected chi connectivity index (χ0v) is 9.63. The quantitative estimate of drug-likeness (QED) is 0.627. The third kappa shape index (κ3) is 3.30. The van der Waals surface area contributed by atoms with Gasteiger partial charge in [0.1, 0.15) is 5.82 Å². The molecule has 0 aromatic heterocycles. The minimum atomic E-state index is -0.722. The Kier molecular flexibility index (Phi) is 5.61. The summed E-state index contributed by atoms with van der Waals surface area (Å²) in [5.74, 6) is -1.28. The van der Waals surface area contributed by atoms with Gasteiger partial charge in [-0.25, -0.2) is 4.39 Å². The molecule has 0 unspecified atom stereocenters. The fourth-order valence-corrected chi connectivity index (χ4v) is 0.944. The van der Waals surface area contributed by atoms with E-state index in [1.54, 1.807) is 13.0 Å². The fourth-order valence-electron chi connectivity index (χ4n) is 0.944. The van der Waals surface area contributed by atoms with Gasteiger partial charge in [-0.3, -0.25) is 4.79 Å². The summed E-state index contributed by atoms with van der Waals surface area (Å²) in [5.41, 5.74) is 5.48. The lowest BCUT2D eigenvalue weighted by molar-refractivity contribution is 0.0996. The second-order valence-electron chi connectivity index (χ2n) is 2.30. The molecular formula is C9H11FINO. The Morgan fingerprint density at radius 3 is 2.31 bits per heavy atom. The largest absolute Gasteiger partial charge is 0.365 e. The van der Waals surface area contributed by atoms with Gasteiger partial charge in [-0.1, -0.05) is 34.7 Å². The van der Waals surface area contributed by atoms with Gasteiger partial charge in [0.05, 0.1) is 5.56 Å². The molecule has 0 aliphatic carbocycles. The highest BCUT2D eigenvalue weighted by atomic mass is 127. The molecule has 4 heteroatoms. The van der Waals surface area contributed by atoms with Gasteiger partial charge in [0, 0.05) is 0 Å². The van der Waals surface area contributed by atoms with Crippen molar-refractivity contribution in [3.05, 3.63) is 35.1 Å². The van der Waals surface area contributed by atoms with Gasteiger partial charge >= 0.3 is 0 Å². The van der Waals surface area contributed by atoms with E-state index < -0.39 is 11.7 Å². The summed E-state index contributed by atoms with van der Waals surface area (Å²) in [6.07, 6.45) is 0. The van der Waals surface area contributed by atoms with E-state index in [2.05, 4.69) is 22.6 Å². The summed E-state index contributed by atoms with van der Waals surface area (Å²) in [4.78, 5) is 12.6.